The number of aryl methyl sites for hydroxylation is 1. The average Bonchev–Trinajstić information content (AvgIpc) is 2.93. The summed E-state index contributed by atoms with van der Waals surface area (Å²) in [6, 6.07) is 5.08. The topological polar surface area (TPSA) is 84.5 Å². The van der Waals surface area contributed by atoms with Crippen LogP contribution in [-0.2, 0) is 9.53 Å². The molecule has 0 spiro atoms. The molecule has 0 aliphatic rings. The molecule has 2 aromatic rings. The SMILES string of the molecule is COC(=O)C(C)(C)NC(=O)c1sc(NC(=O)c2ccc(F)cc2Cl)cc1C. The molecule has 0 atom stereocenters. The van der Waals surface area contributed by atoms with Gasteiger partial charge in [0.15, 0.2) is 0 Å². The highest BCUT2D eigenvalue weighted by Crippen LogP contribution is 2.28. The van der Waals surface area contributed by atoms with E-state index in [0.29, 0.717) is 15.4 Å². The van der Waals surface area contributed by atoms with Crippen molar-refractivity contribution in [3.63, 3.8) is 0 Å². The van der Waals surface area contributed by atoms with Crippen LogP contribution in [0.4, 0.5) is 9.39 Å². The second-order valence-electron chi connectivity index (χ2n) is 6.27. The summed E-state index contributed by atoms with van der Waals surface area (Å²) in [6.07, 6.45) is 0. The smallest absolute Gasteiger partial charge is 0.330 e. The third kappa shape index (κ3) is 4.84. The van der Waals surface area contributed by atoms with Crippen LogP contribution in [0.2, 0.25) is 5.02 Å². The maximum absolute atomic E-state index is 13.1. The Morgan fingerprint density at radius 2 is 1.85 bits per heavy atom. The fraction of sp³-hybridized carbons (Fsp3) is 0.278. The van der Waals surface area contributed by atoms with Gasteiger partial charge in [-0.3, -0.25) is 9.59 Å². The Morgan fingerprint density at radius 3 is 2.44 bits per heavy atom. The number of hydrogen-bond acceptors (Lipinski definition) is 5. The van der Waals surface area contributed by atoms with Crippen molar-refractivity contribution in [2.24, 2.45) is 0 Å². The predicted octanol–water partition coefficient (Wildman–Crippen LogP) is 3.78. The molecule has 0 bridgehead atoms. The highest BCUT2D eigenvalue weighted by Gasteiger charge is 2.31. The van der Waals surface area contributed by atoms with Gasteiger partial charge in [-0.1, -0.05) is 11.6 Å². The lowest BCUT2D eigenvalue weighted by Gasteiger charge is -2.22. The minimum atomic E-state index is -1.20. The number of methoxy groups -OCH3 is 1. The fourth-order valence-corrected chi connectivity index (χ4v) is 3.48. The van der Waals surface area contributed by atoms with Crippen LogP contribution in [0.1, 0.15) is 39.4 Å². The van der Waals surface area contributed by atoms with Crippen LogP contribution in [0.3, 0.4) is 0 Å². The van der Waals surface area contributed by atoms with Gasteiger partial charge in [-0.05, 0) is 50.6 Å². The molecule has 0 saturated carbocycles. The molecule has 144 valence electrons. The molecule has 2 amide bonds. The van der Waals surface area contributed by atoms with Crippen molar-refractivity contribution in [2.45, 2.75) is 26.3 Å². The zero-order valence-electron chi connectivity index (χ0n) is 15.1. The third-order valence-electron chi connectivity index (χ3n) is 3.66. The van der Waals surface area contributed by atoms with Crippen LogP contribution in [0.25, 0.3) is 0 Å². The van der Waals surface area contributed by atoms with Gasteiger partial charge in [0.2, 0.25) is 0 Å². The van der Waals surface area contributed by atoms with E-state index in [0.717, 1.165) is 23.5 Å². The first-order valence-corrected chi connectivity index (χ1v) is 9.02. The number of ether oxygens (including phenoxy) is 1. The van der Waals surface area contributed by atoms with E-state index in [9.17, 15) is 18.8 Å². The van der Waals surface area contributed by atoms with Crippen molar-refractivity contribution in [1.29, 1.82) is 0 Å². The average molecular weight is 413 g/mol. The molecule has 0 aliphatic heterocycles. The van der Waals surface area contributed by atoms with Crippen LogP contribution in [0.15, 0.2) is 24.3 Å². The molecular formula is C18H18ClFN2O4S. The molecule has 1 aromatic heterocycles. The molecule has 1 aromatic carbocycles. The summed E-state index contributed by atoms with van der Waals surface area (Å²) in [6.45, 7) is 4.76. The van der Waals surface area contributed by atoms with Gasteiger partial charge < -0.3 is 15.4 Å². The Balaban J connectivity index is 2.17. The predicted molar refractivity (Wildman–Crippen MR) is 102 cm³/mol. The first-order chi connectivity index (χ1) is 12.5. The van der Waals surface area contributed by atoms with E-state index in [1.165, 1.54) is 27.0 Å². The summed E-state index contributed by atoms with van der Waals surface area (Å²) >= 11 is 6.93. The maximum Gasteiger partial charge on any atom is 0.330 e. The number of amides is 2. The van der Waals surface area contributed by atoms with E-state index in [4.69, 9.17) is 11.6 Å². The number of thiophene rings is 1. The van der Waals surface area contributed by atoms with Crippen molar-refractivity contribution >= 4 is 45.7 Å². The van der Waals surface area contributed by atoms with Gasteiger partial charge in [-0.25, -0.2) is 9.18 Å². The first kappa shape index (κ1) is 20.9. The molecule has 0 unspecified atom stereocenters. The highest BCUT2D eigenvalue weighted by atomic mass is 35.5. The number of halogens is 2. The summed E-state index contributed by atoms with van der Waals surface area (Å²) in [7, 11) is 1.24. The van der Waals surface area contributed by atoms with E-state index >= 15 is 0 Å². The number of esters is 1. The third-order valence-corrected chi connectivity index (χ3v) is 5.12. The number of benzene rings is 1. The quantitative estimate of drug-likeness (QED) is 0.732. The minimum Gasteiger partial charge on any atom is -0.467 e. The normalized spacial score (nSPS) is 11.0. The van der Waals surface area contributed by atoms with Crippen LogP contribution in [0, 0.1) is 12.7 Å². The zero-order valence-corrected chi connectivity index (χ0v) is 16.7. The fourth-order valence-electron chi connectivity index (χ4n) is 2.27. The standard InChI is InChI=1S/C18H18ClFN2O4S/c1-9-7-13(21-15(23)11-6-5-10(20)8-12(11)19)27-14(9)16(24)22-18(2,3)17(25)26-4/h5-8H,1-4H3,(H,21,23)(H,22,24). The number of rotatable bonds is 5. The zero-order chi connectivity index (χ0) is 20.4. The lowest BCUT2D eigenvalue weighted by Crippen LogP contribution is -2.50. The number of carbonyl (C=O) groups excluding carboxylic acids is 3. The monoisotopic (exact) mass is 412 g/mol. The van der Waals surface area contributed by atoms with Crippen molar-refractivity contribution < 1.29 is 23.5 Å². The van der Waals surface area contributed by atoms with E-state index in [-0.39, 0.29) is 10.6 Å². The molecular weight excluding hydrogens is 395 g/mol. The molecule has 2 rings (SSSR count). The second kappa shape index (κ2) is 8.06. The number of nitrogens with one attached hydrogen (secondary N) is 2. The van der Waals surface area contributed by atoms with E-state index in [1.54, 1.807) is 13.0 Å². The molecule has 2 N–H and O–H groups in total. The van der Waals surface area contributed by atoms with Crippen LogP contribution < -0.4 is 10.6 Å². The Hall–Kier alpha value is -2.45. The van der Waals surface area contributed by atoms with Gasteiger partial charge in [0.1, 0.15) is 11.4 Å². The number of hydrogen-bond donors (Lipinski definition) is 2. The minimum absolute atomic E-state index is 0.0152. The van der Waals surface area contributed by atoms with E-state index < -0.39 is 29.1 Å². The van der Waals surface area contributed by atoms with Gasteiger partial charge in [-0.15, -0.1) is 11.3 Å². The molecule has 0 saturated heterocycles. The van der Waals surface area contributed by atoms with Crippen molar-refractivity contribution in [3.8, 4) is 0 Å². The van der Waals surface area contributed by atoms with Crippen LogP contribution >= 0.6 is 22.9 Å². The van der Waals surface area contributed by atoms with Gasteiger partial charge in [0.05, 0.1) is 27.6 Å². The molecule has 9 heteroatoms. The second-order valence-corrected chi connectivity index (χ2v) is 7.73. The van der Waals surface area contributed by atoms with Gasteiger partial charge in [0, 0.05) is 0 Å². The molecule has 1 heterocycles. The van der Waals surface area contributed by atoms with Crippen LogP contribution in [0.5, 0.6) is 0 Å². The molecule has 6 nitrogen and oxygen atoms in total. The molecule has 0 fully saturated rings. The number of anilines is 1. The Labute approximate surface area is 164 Å². The summed E-state index contributed by atoms with van der Waals surface area (Å²) < 4.78 is 17.8. The van der Waals surface area contributed by atoms with Gasteiger partial charge >= 0.3 is 5.97 Å². The number of carbonyl (C=O) groups is 3. The Kier molecular flexibility index (Phi) is 6.22. The summed E-state index contributed by atoms with van der Waals surface area (Å²) in [5.74, 6) is -2.11. The molecule has 27 heavy (non-hydrogen) atoms. The van der Waals surface area contributed by atoms with Gasteiger partial charge in [-0.2, -0.15) is 0 Å². The molecule has 0 radical (unpaired) electrons. The van der Waals surface area contributed by atoms with E-state index in [2.05, 4.69) is 15.4 Å². The van der Waals surface area contributed by atoms with Gasteiger partial charge in [0.25, 0.3) is 11.8 Å². The van der Waals surface area contributed by atoms with Crippen molar-refractivity contribution in [3.05, 3.63) is 51.1 Å². The van der Waals surface area contributed by atoms with Crippen LogP contribution in [-0.4, -0.2) is 30.4 Å². The largest absolute Gasteiger partial charge is 0.467 e. The Morgan fingerprint density at radius 1 is 1.19 bits per heavy atom. The summed E-state index contributed by atoms with van der Waals surface area (Å²) in [5.41, 5.74) is -0.464. The summed E-state index contributed by atoms with van der Waals surface area (Å²) in [4.78, 5) is 36.9. The van der Waals surface area contributed by atoms with Crippen molar-refractivity contribution in [2.75, 3.05) is 12.4 Å². The lowest BCUT2D eigenvalue weighted by molar-refractivity contribution is -0.146. The van der Waals surface area contributed by atoms with Crippen molar-refractivity contribution in [1.82, 2.24) is 5.32 Å². The Bertz CT molecular complexity index is 911. The molecule has 0 aliphatic carbocycles. The highest BCUT2D eigenvalue weighted by molar-refractivity contribution is 7.18. The first-order valence-electron chi connectivity index (χ1n) is 7.83. The maximum atomic E-state index is 13.1. The lowest BCUT2D eigenvalue weighted by atomic mass is 10.1. The summed E-state index contributed by atoms with van der Waals surface area (Å²) in [5, 5.41) is 5.63. The van der Waals surface area contributed by atoms with E-state index in [1.807, 2.05) is 0 Å².